The molecule has 74 heavy (non-hydrogen) atoms. The number of ketones is 3. The van der Waals surface area contributed by atoms with E-state index in [1.165, 1.54) is 12.0 Å². The Kier molecular flexibility index (Phi) is 25.3. The molecule has 3 heterocycles. The van der Waals surface area contributed by atoms with Gasteiger partial charge in [-0.1, -0.05) is 71.1 Å². The number of cyclic esters (lactones) is 1. The molecule has 17 nitrogen and oxygen atoms in total. The normalized spacial score (nSPS) is 36.9. The Morgan fingerprint density at radius 3 is 2.30 bits per heavy atom. The standard InChI is InChI=1S/C57H91N3O14/c1-35-19-14-13-15-20-36(2)47(69-10)33-43-24-22-41(7)57(68,74-43)53(64)54(65)60-28-17-16-21-44(60)55(66)72-48(34-45(61)37(3)30-40(6)51(63)52(71-12)50(62)39(5)29-35)38(4)31-42-23-25-46(49(32-42)70-11)73-56(67)58-26-18-27-59(8)9/h13-15,19-20,30,35,37-39,41-44,46-49,51-52,63,68H,16-18,21-29,31-34H2,1-12H3,(H,58,67)/b15-13+,19-14-,36-20+,40-30+/t35-,37-,38-,39-,41-,42+,43+,44+,46-,47+,48+,49-,51-,52+,57-/m1/s1. The van der Waals surface area contributed by atoms with E-state index in [4.69, 9.17) is 28.4 Å². The van der Waals surface area contributed by atoms with Crippen molar-refractivity contribution in [3.8, 4) is 0 Å². The number of nitrogens with zero attached hydrogens (tertiary/aromatic N) is 2. The van der Waals surface area contributed by atoms with Crippen molar-refractivity contribution in [3.63, 3.8) is 0 Å². The van der Waals surface area contributed by atoms with Crippen molar-refractivity contribution in [2.45, 2.75) is 186 Å². The van der Waals surface area contributed by atoms with E-state index in [1.54, 1.807) is 41.1 Å². The summed E-state index contributed by atoms with van der Waals surface area (Å²) in [6.45, 7) is 14.0. The highest BCUT2D eigenvalue weighted by Gasteiger charge is 2.53. The number of fused-ring (bicyclic) bond motifs is 3. The Balaban J connectivity index is 1.66. The summed E-state index contributed by atoms with van der Waals surface area (Å²) in [4.78, 5) is 87.3. The third kappa shape index (κ3) is 17.7. The predicted octanol–water partition coefficient (Wildman–Crippen LogP) is 6.87. The highest BCUT2D eigenvalue weighted by Crippen LogP contribution is 2.38. The number of methoxy groups -OCH3 is 3. The van der Waals surface area contributed by atoms with Gasteiger partial charge in [0.25, 0.3) is 11.7 Å². The van der Waals surface area contributed by atoms with Crippen LogP contribution in [0.1, 0.15) is 132 Å². The van der Waals surface area contributed by atoms with Crippen molar-refractivity contribution in [2.75, 3.05) is 55.1 Å². The maximum Gasteiger partial charge on any atom is 0.407 e. The van der Waals surface area contributed by atoms with Crippen LogP contribution in [0.5, 0.6) is 0 Å². The lowest BCUT2D eigenvalue weighted by Crippen LogP contribution is -2.61. The van der Waals surface area contributed by atoms with E-state index < -0.39 is 102 Å². The van der Waals surface area contributed by atoms with Crippen LogP contribution in [-0.4, -0.2) is 165 Å². The van der Waals surface area contributed by atoms with Gasteiger partial charge in [0.15, 0.2) is 5.78 Å². The SMILES string of the molecule is CO[C@H]1C[C@@H]2CC[C@@H](C)[C@@](O)(O2)C(=O)C(=O)N2CCCC[C@H]2C(=O)O[C@H]([C@H](C)C[C@@H]2CC[C@@H](OC(=O)NCCCN(C)C)[C@H](OC)C2)CC(=O)[C@H](C)/C=C(\C)[C@@H](O)[C@@H](OC)C(=O)[C@H](C)C[C@H](C)\C=C/C=C/C=C/1C. The lowest BCUT2D eigenvalue weighted by molar-refractivity contribution is -0.265. The van der Waals surface area contributed by atoms with Gasteiger partial charge in [-0.05, 0) is 134 Å². The summed E-state index contributed by atoms with van der Waals surface area (Å²) < 4.78 is 35.6. The Morgan fingerprint density at radius 1 is 0.892 bits per heavy atom. The van der Waals surface area contributed by atoms with Crippen LogP contribution in [-0.2, 0) is 52.4 Å². The monoisotopic (exact) mass is 1040 g/mol. The first-order valence-corrected chi connectivity index (χ1v) is 27.1. The number of nitrogens with one attached hydrogen (secondary N) is 1. The molecule has 1 aliphatic carbocycles. The minimum absolute atomic E-state index is 0.00592. The van der Waals surface area contributed by atoms with Crippen LogP contribution in [0.3, 0.4) is 0 Å². The van der Waals surface area contributed by atoms with Gasteiger partial charge in [0.2, 0.25) is 5.79 Å². The molecule has 3 N–H and O–H groups in total. The van der Waals surface area contributed by atoms with E-state index in [9.17, 15) is 39.0 Å². The first-order chi connectivity index (χ1) is 35.0. The third-order valence-corrected chi connectivity index (χ3v) is 15.8. The van der Waals surface area contributed by atoms with Crippen LogP contribution < -0.4 is 5.32 Å². The number of hydrogen-bond donors (Lipinski definition) is 3. The molecular weight excluding hydrogens is 951 g/mol. The Morgan fingerprint density at radius 2 is 1.62 bits per heavy atom. The second-order valence-electron chi connectivity index (χ2n) is 22.1. The Labute approximate surface area is 441 Å². The molecule has 0 aromatic carbocycles. The predicted molar refractivity (Wildman–Crippen MR) is 281 cm³/mol. The first-order valence-electron chi connectivity index (χ1n) is 27.1. The maximum atomic E-state index is 14.6. The lowest BCUT2D eigenvalue weighted by atomic mass is 9.78. The molecule has 17 heteroatoms. The van der Waals surface area contributed by atoms with E-state index in [-0.39, 0.29) is 42.8 Å². The van der Waals surface area contributed by atoms with Crippen molar-refractivity contribution in [2.24, 2.45) is 35.5 Å². The van der Waals surface area contributed by atoms with Crippen LogP contribution in [0.4, 0.5) is 4.79 Å². The van der Waals surface area contributed by atoms with Crippen molar-refractivity contribution < 1.29 is 67.4 Å². The number of carbonyl (C=O) groups is 6. The number of esters is 1. The zero-order valence-electron chi connectivity index (χ0n) is 46.5. The van der Waals surface area contributed by atoms with Crippen LogP contribution >= 0.6 is 0 Å². The van der Waals surface area contributed by atoms with E-state index in [2.05, 4.69) is 5.32 Å². The van der Waals surface area contributed by atoms with Crippen molar-refractivity contribution in [1.82, 2.24) is 15.1 Å². The number of aliphatic hydroxyl groups is 2. The fourth-order valence-electron chi connectivity index (χ4n) is 11.0. The number of ether oxygens (including phenoxy) is 6. The average molecular weight is 1040 g/mol. The second-order valence-corrected chi connectivity index (χ2v) is 22.1. The van der Waals surface area contributed by atoms with Gasteiger partial charge >= 0.3 is 12.1 Å². The molecule has 2 bridgehead atoms. The van der Waals surface area contributed by atoms with E-state index >= 15 is 0 Å². The maximum absolute atomic E-state index is 14.6. The Bertz CT molecular complexity index is 2000. The summed E-state index contributed by atoms with van der Waals surface area (Å²) in [7, 11) is 8.47. The van der Waals surface area contributed by atoms with Gasteiger partial charge in [-0.25, -0.2) is 9.59 Å². The third-order valence-electron chi connectivity index (χ3n) is 15.8. The van der Waals surface area contributed by atoms with Crippen LogP contribution in [0.2, 0.25) is 0 Å². The van der Waals surface area contributed by atoms with Crippen molar-refractivity contribution in [1.29, 1.82) is 0 Å². The lowest BCUT2D eigenvalue weighted by Gasteiger charge is -2.42. The van der Waals surface area contributed by atoms with Gasteiger partial charge in [0.05, 0.1) is 18.3 Å². The molecule has 2 saturated heterocycles. The van der Waals surface area contributed by atoms with Crippen molar-refractivity contribution >= 4 is 35.3 Å². The topological polar surface area (TPSA) is 217 Å². The summed E-state index contributed by atoms with van der Waals surface area (Å²) in [5, 5.41) is 26.4. The molecule has 15 atom stereocenters. The fraction of sp³-hybridized carbons (Fsp3) is 0.754. The average Bonchev–Trinajstić information content (AvgIpc) is 3.36. The number of allylic oxidation sites excluding steroid dienone is 6. The highest BCUT2D eigenvalue weighted by atomic mass is 16.6. The minimum Gasteiger partial charge on any atom is -0.460 e. The highest BCUT2D eigenvalue weighted by molar-refractivity contribution is 6.39. The molecule has 3 fully saturated rings. The minimum atomic E-state index is -2.45. The molecule has 3 aliphatic heterocycles. The summed E-state index contributed by atoms with van der Waals surface area (Å²) in [5.41, 5.74) is 1.25. The van der Waals surface area contributed by atoms with Gasteiger partial charge in [-0.2, -0.15) is 0 Å². The number of piperidine rings is 1. The summed E-state index contributed by atoms with van der Waals surface area (Å²) in [6, 6.07) is -1.17. The van der Waals surface area contributed by atoms with Gasteiger partial charge in [-0.15, -0.1) is 0 Å². The number of amides is 2. The number of aliphatic hydroxyl groups excluding tert-OH is 1. The molecule has 418 valence electrons. The summed E-state index contributed by atoms with van der Waals surface area (Å²) >= 11 is 0. The van der Waals surface area contributed by atoms with Gasteiger partial charge in [0, 0.05) is 65.0 Å². The molecule has 0 aromatic rings. The molecule has 0 unspecified atom stereocenters. The zero-order chi connectivity index (χ0) is 54.9. The number of alkyl carbamates (subject to hydrolysis) is 1. The molecule has 2 amide bonds. The van der Waals surface area contributed by atoms with E-state index in [0.717, 1.165) is 18.5 Å². The molecular formula is C57H91N3O14. The quantitative estimate of drug-likeness (QED) is 0.0833. The zero-order valence-corrected chi connectivity index (χ0v) is 46.5. The van der Waals surface area contributed by atoms with Crippen LogP contribution in [0, 0.1) is 35.5 Å². The molecule has 1 saturated carbocycles. The molecule has 0 spiro atoms. The summed E-state index contributed by atoms with van der Waals surface area (Å²) in [6.07, 6.45) is 11.1. The number of Topliss-reactive ketones (excluding diaryl/α,β-unsaturated/α-hetero) is 3. The van der Waals surface area contributed by atoms with Crippen LogP contribution in [0.25, 0.3) is 0 Å². The van der Waals surface area contributed by atoms with Crippen LogP contribution in [0.15, 0.2) is 47.6 Å². The van der Waals surface area contributed by atoms with E-state index in [1.807, 2.05) is 77.1 Å². The van der Waals surface area contributed by atoms with Gasteiger partial charge in [0.1, 0.15) is 36.2 Å². The smallest absolute Gasteiger partial charge is 0.407 e. The molecule has 0 aromatic heterocycles. The molecule has 0 radical (unpaired) electrons. The van der Waals surface area contributed by atoms with Crippen molar-refractivity contribution in [3.05, 3.63) is 47.6 Å². The second kappa shape index (κ2) is 30.0. The molecule has 4 aliphatic rings. The summed E-state index contributed by atoms with van der Waals surface area (Å²) in [5.74, 6) is -8.26. The fourth-order valence-corrected chi connectivity index (χ4v) is 11.0. The van der Waals surface area contributed by atoms with E-state index in [0.29, 0.717) is 76.3 Å². The largest absolute Gasteiger partial charge is 0.460 e. The van der Waals surface area contributed by atoms with Gasteiger partial charge in [-0.3, -0.25) is 19.2 Å². The first kappa shape index (κ1) is 62.4. The number of hydrogen-bond acceptors (Lipinski definition) is 15. The number of carbonyl (C=O) groups excluding carboxylic acids is 6. The van der Waals surface area contributed by atoms with Gasteiger partial charge < -0.3 is 53.8 Å². The molecule has 4 rings (SSSR count). The number of rotatable bonds is 11. The Hall–Kier alpha value is -4.10.